The quantitative estimate of drug-likeness (QED) is 0.833. The van der Waals surface area contributed by atoms with E-state index in [2.05, 4.69) is 37.4 Å². The Hall–Kier alpha value is -1.68. The third-order valence-electron chi connectivity index (χ3n) is 4.54. The Bertz CT molecular complexity index is 580. The van der Waals surface area contributed by atoms with Gasteiger partial charge in [0.1, 0.15) is 0 Å². The fourth-order valence-corrected chi connectivity index (χ4v) is 3.39. The van der Waals surface area contributed by atoms with Gasteiger partial charge in [0, 0.05) is 13.1 Å². The molecule has 1 aromatic rings. The number of amides is 2. The lowest BCUT2D eigenvalue weighted by Crippen LogP contribution is -2.42. The fourth-order valence-electron chi connectivity index (χ4n) is 3.39. The molecule has 1 N–H and O–H groups in total. The first kappa shape index (κ1) is 13.3. The summed E-state index contributed by atoms with van der Waals surface area (Å²) < 4.78 is 0. The first-order valence-corrected chi connectivity index (χ1v) is 7.04. The Balaban J connectivity index is 1.87. The van der Waals surface area contributed by atoms with Crippen molar-refractivity contribution in [3.63, 3.8) is 0 Å². The van der Waals surface area contributed by atoms with Gasteiger partial charge in [-0.25, -0.2) is 0 Å². The average molecular weight is 272 g/mol. The van der Waals surface area contributed by atoms with Crippen LogP contribution in [0.2, 0.25) is 0 Å². The van der Waals surface area contributed by atoms with Crippen molar-refractivity contribution >= 4 is 11.8 Å². The van der Waals surface area contributed by atoms with Crippen LogP contribution in [-0.4, -0.2) is 29.8 Å². The van der Waals surface area contributed by atoms with Gasteiger partial charge in [-0.3, -0.25) is 19.8 Å². The number of fused-ring (bicyclic) bond motifs is 1. The molecule has 0 radical (unpaired) electrons. The molecule has 1 fully saturated rings. The van der Waals surface area contributed by atoms with Crippen LogP contribution >= 0.6 is 0 Å². The summed E-state index contributed by atoms with van der Waals surface area (Å²) in [5.74, 6) is -0.216. The molecule has 20 heavy (non-hydrogen) atoms. The van der Waals surface area contributed by atoms with E-state index in [0.29, 0.717) is 0 Å². The molecule has 1 aromatic carbocycles. The van der Waals surface area contributed by atoms with E-state index in [1.807, 2.05) is 6.07 Å². The molecular weight excluding hydrogens is 252 g/mol. The minimum absolute atomic E-state index is 0.0498. The number of hydrogen-bond acceptors (Lipinski definition) is 3. The Morgan fingerprint density at radius 2 is 1.95 bits per heavy atom. The minimum atomic E-state index is -0.386. The van der Waals surface area contributed by atoms with Gasteiger partial charge in [-0.05, 0) is 23.0 Å². The molecule has 2 aliphatic rings. The molecule has 0 aromatic heterocycles. The summed E-state index contributed by atoms with van der Waals surface area (Å²) in [6.07, 6.45) is 1.26. The zero-order chi connectivity index (χ0) is 14.5. The number of hydrogen-bond donors (Lipinski definition) is 1. The standard InChI is InChI=1S/C16H20N2O2/c1-16(2)9-10-6-4-5-7-11(10)14(16)17-12-8-13(19)18(3)15(12)20/h4-7,12,14,17H,8-9H2,1-3H3. The van der Waals surface area contributed by atoms with Crippen LogP contribution in [0.1, 0.15) is 37.4 Å². The summed E-state index contributed by atoms with van der Waals surface area (Å²) in [7, 11) is 1.56. The zero-order valence-electron chi connectivity index (χ0n) is 12.1. The van der Waals surface area contributed by atoms with Gasteiger partial charge in [-0.2, -0.15) is 0 Å². The highest BCUT2D eigenvalue weighted by atomic mass is 16.2. The number of nitrogens with zero attached hydrogens (tertiary/aromatic N) is 1. The first-order chi connectivity index (χ1) is 9.40. The van der Waals surface area contributed by atoms with Crippen LogP contribution in [0.5, 0.6) is 0 Å². The van der Waals surface area contributed by atoms with Crippen molar-refractivity contribution in [3.05, 3.63) is 35.4 Å². The number of likely N-dealkylation sites (tertiary alicyclic amines) is 1. The van der Waals surface area contributed by atoms with Gasteiger partial charge in [0.2, 0.25) is 11.8 Å². The van der Waals surface area contributed by atoms with Gasteiger partial charge in [0.15, 0.2) is 0 Å². The van der Waals surface area contributed by atoms with E-state index in [4.69, 9.17) is 0 Å². The van der Waals surface area contributed by atoms with Crippen molar-refractivity contribution in [3.8, 4) is 0 Å². The molecule has 0 saturated carbocycles. The maximum atomic E-state index is 12.1. The molecule has 1 aliphatic carbocycles. The summed E-state index contributed by atoms with van der Waals surface area (Å²) in [4.78, 5) is 24.9. The number of rotatable bonds is 2. The average Bonchev–Trinajstić information content (AvgIpc) is 2.79. The Morgan fingerprint density at radius 1 is 1.25 bits per heavy atom. The third kappa shape index (κ3) is 1.95. The minimum Gasteiger partial charge on any atom is -0.298 e. The number of likely N-dealkylation sites (N-methyl/N-ethyl adjacent to an activating group) is 1. The second kappa shape index (κ2) is 4.42. The number of nitrogens with one attached hydrogen (secondary N) is 1. The van der Waals surface area contributed by atoms with E-state index in [1.54, 1.807) is 7.05 Å². The molecule has 3 rings (SSSR count). The summed E-state index contributed by atoms with van der Waals surface area (Å²) in [6, 6.07) is 8.08. The second-order valence-electron chi connectivity index (χ2n) is 6.51. The Labute approximate surface area is 119 Å². The van der Waals surface area contributed by atoms with Crippen molar-refractivity contribution in [1.82, 2.24) is 10.2 Å². The largest absolute Gasteiger partial charge is 0.298 e. The Kier molecular flexibility index (Phi) is 2.94. The van der Waals surface area contributed by atoms with Gasteiger partial charge >= 0.3 is 0 Å². The van der Waals surface area contributed by atoms with Crippen LogP contribution in [0.3, 0.4) is 0 Å². The van der Waals surface area contributed by atoms with Crippen LogP contribution in [0.4, 0.5) is 0 Å². The highest BCUT2D eigenvalue weighted by molar-refractivity contribution is 6.05. The van der Waals surface area contributed by atoms with Crippen LogP contribution in [-0.2, 0) is 16.0 Å². The molecular formula is C16H20N2O2. The summed E-state index contributed by atoms with van der Waals surface area (Å²) in [5.41, 5.74) is 2.64. The number of benzene rings is 1. The molecule has 1 saturated heterocycles. The smallest absolute Gasteiger partial charge is 0.246 e. The van der Waals surface area contributed by atoms with E-state index < -0.39 is 0 Å². The lowest BCUT2D eigenvalue weighted by molar-refractivity contribution is -0.137. The van der Waals surface area contributed by atoms with Gasteiger partial charge in [0.25, 0.3) is 0 Å². The molecule has 0 bridgehead atoms. The lowest BCUT2D eigenvalue weighted by atomic mass is 9.85. The molecule has 1 heterocycles. The molecule has 0 spiro atoms. The van der Waals surface area contributed by atoms with Crippen molar-refractivity contribution in [2.24, 2.45) is 5.41 Å². The maximum Gasteiger partial charge on any atom is 0.246 e. The van der Waals surface area contributed by atoms with Gasteiger partial charge in [-0.1, -0.05) is 38.1 Å². The predicted octanol–water partition coefficient (Wildman–Crippen LogP) is 1.66. The van der Waals surface area contributed by atoms with Crippen LogP contribution < -0.4 is 5.32 Å². The maximum absolute atomic E-state index is 12.1. The van der Waals surface area contributed by atoms with Gasteiger partial charge in [-0.15, -0.1) is 0 Å². The van der Waals surface area contributed by atoms with Crippen LogP contribution in [0.15, 0.2) is 24.3 Å². The van der Waals surface area contributed by atoms with Crippen LogP contribution in [0.25, 0.3) is 0 Å². The lowest BCUT2D eigenvalue weighted by Gasteiger charge is -2.30. The van der Waals surface area contributed by atoms with Crippen molar-refractivity contribution in [2.45, 2.75) is 38.8 Å². The van der Waals surface area contributed by atoms with Crippen molar-refractivity contribution < 1.29 is 9.59 Å². The van der Waals surface area contributed by atoms with Gasteiger partial charge in [0.05, 0.1) is 12.5 Å². The Morgan fingerprint density at radius 3 is 2.60 bits per heavy atom. The summed E-state index contributed by atoms with van der Waals surface area (Å²) in [5, 5.41) is 3.42. The highest BCUT2D eigenvalue weighted by Gasteiger charge is 2.44. The summed E-state index contributed by atoms with van der Waals surface area (Å²) in [6.45, 7) is 4.41. The van der Waals surface area contributed by atoms with E-state index in [-0.39, 0.29) is 35.7 Å². The normalized spacial score (nSPS) is 28.1. The van der Waals surface area contributed by atoms with E-state index in [1.165, 1.54) is 16.0 Å². The zero-order valence-corrected chi connectivity index (χ0v) is 12.1. The topological polar surface area (TPSA) is 49.4 Å². The van der Waals surface area contributed by atoms with Crippen molar-refractivity contribution in [1.29, 1.82) is 0 Å². The summed E-state index contributed by atoms with van der Waals surface area (Å²) >= 11 is 0. The second-order valence-corrected chi connectivity index (χ2v) is 6.51. The number of carbonyl (C=O) groups excluding carboxylic acids is 2. The fraction of sp³-hybridized carbons (Fsp3) is 0.500. The van der Waals surface area contributed by atoms with E-state index >= 15 is 0 Å². The molecule has 2 unspecified atom stereocenters. The molecule has 4 heteroatoms. The highest BCUT2D eigenvalue weighted by Crippen LogP contribution is 2.45. The SMILES string of the molecule is CN1C(=O)CC(NC2c3ccccc3CC2(C)C)C1=O. The first-order valence-electron chi connectivity index (χ1n) is 7.04. The monoisotopic (exact) mass is 272 g/mol. The van der Waals surface area contributed by atoms with Crippen molar-refractivity contribution in [2.75, 3.05) is 7.05 Å². The molecule has 2 amide bonds. The van der Waals surface area contributed by atoms with Gasteiger partial charge < -0.3 is 0 Å². The van der Waals surface area contributed by atoms with Crippen LogP contribution in [0, 0.1) is 5.41 Å². The molecule has 106 valence electrons. The number of carbonyl (C=O) groups is 2. The third-order valence-corrected chi connectivity index (χ3v) is 4.54. The van der Waals surface area contributed by atoms with E-state index in [0.717, 1.165) is 6.42 Å². The molecule has 4 nitrogen and oxygen atoms in total. The van der Waals surface area contributed by atoms with E-state index in [9.17, 15) is 9.59 Å². The molecule has 1 aliphatic heterocycles. The number of imide groups is 1. The predicted molar refractivity (Wildman–Crippen MR) is 76.0 cm³/mol. The molecule has 2 atom stereocenters.